The van der Waals surface area contributed by atoms with Gasteiger partial charge in [0.05, 0.1) is 25.6 Å². The number of benzene rings is 4. The smallest absolute Gasteiger partial charge is 0.274 e. The van der Waals surface area contributed by atoms with Crippen molar-refractivity contribution < 1.29 is 14.3 Å². The van der Waals surface area contributed by atoms with E-state index in [9.17, 15) is 4.79 Å². The van der Waals surface area contributed by atoms with E-state index in [4.69, 9.17) is 21.1 Å². The fourth-order valence-corrected chi connectivity index (χ4v) is 5.72. The first-order valence-electron chi connectivity index (χ1n) is 12.5. The topological polar surface area (TPSA) is 57.8 Å². The molecule has 1 unspecified atom stereocenters. The molecule has 1 atom stereocenters. The van der Waals surface area contributed by atoms with E-state index in [2.05, 4.69) is 28.1 Å². The zero-order valence-electron chi connectivity index (χ0n) is 21.5. The number of aromatic amines is 1. The van der Waals surface area contributed by atoms with Crippen molar-refractivity contribution in [2.75, 3.05) is 43.5 Å². The molecule has 38 heavy (non-hydrogen) atoms. The normalized spacial score (nSPS) is 14.6. The van der Waals surface area contributed by atoms with Crippen LogP contribution in [-0.4, -0.2) is 44.6 Å². The van der Waals surface area contributed by atoms with E-state index in [1.165, 1.54) is 0 Å². The average Bonchev–Trinajstić information content (AvgIpc) is 3.57. The Hall–Kier alpha value is -4.16. The first-order chi connectivity index (χ1) is 18.5. The number of nitrogens with one attached hydrogen (secondary N) is 1. The molecule has 0 spiro atoms. The lowest BCUT2D eigenvalue weighted by molar-refractivity contribution is 0.0984. The summed E-state index contributed by atoms with van der Waals surface area (Å²) in [7, 11) is 5.34. The van der Waals surface area contributed by atoms with Crippen LogP contribution in [0.1, 0.15) is 22.0 Å². The molecule has 0 bridgehead atoms. The number of amides is 1. The highest BCUT2D eigenvalue weighted by Gasteiger charge is 2.35. The van der Waals surface area contributed by atoms with Crippen molar-refractivity contribution in [1.82, 2.24) is 4.98 Å². The minimum atomic E-state index is -0.0811. The molecule has 7 heteroatoms. The highest BCUT2D eigenvalue weighted by Crippen LogP contribution is 2.47. The number of hydrogen-bond acceptors (Lipinski definition) is 4. The molecular formula is C31H28ClN3O3. The Morgan fingerprint density at radius 1 is 0.974 bits per heavy atom. The maximum Gasteiger partial charge on any atom is 0.274 e. The summed E-state index contributed by atoms with van der Waals surface area (Å²) in [5.74, 6) is 1.94. The Bertz CT molecular complexity index is 1660. The number of fused-ring (bicyclic) bond motifs is 4. The van der Waals surface area contributed by atoms with Crippen molar-refractivity contribution in [1.29, 1.82) is 0 Å². The van der Waals surface area contributed by atoms with Crippen molar-refractivity contribution >= 4 is 56.2 Å². The maximum absolute atomic E-state index is 13.9. The van der Waals surface area contributed by atoms with Gasteiger partial charge in [-0.05, 0) is 65.5 Å². The van der Waals surface area contributed by atoms with Crippen LogP contribution >= 0.6 is 11.6 Å². The fourth-order valence-electron chi connectivity index (χ4n) is 5.47. The van der Waals surface area contributed by atoms with Gasteiger partial charge < -0.3 is 24.3 Å². The van der Waals surface area contributed by atoms with Gasteiger partial charge in [-0.3, -0.25) is 4.79 Å². The third kappa shape index (κ3) is 3.92. The Kier molecular flexibility index (Phi) is 6.12. The van der Waals surface area contributed by atoms with Crippen LogP contribution in [0, 0.1) is 0 Å². The van der Waals surface area contributed by atoms with Gasteiger partial charge in [0.15, 0.2) is 0 Å². The highest BCUT2D eigenvalue weighted by atomic mass is 35.5. The molecule has 1 amide bonds. The van der Waals surface area contributed by atoms with E-state index in [1.54, 1.807) is 14.2 Å². The number of aromatic nitrogens is 1. The van der Waals surface area contributed by atoms with Gasteiger partial charge in [0.2, 0.25) is 0 Å². The quantitative estimate of drug-likeness (QED) is 0.240. The molecule has 4 aromatic carbocycles. The zero-order chi connectivity index (χ0) is 26.4. The van der Waals surface area contributed by atoms with Crippen molar-refractivity contribution in [2.24, 2.45) is 0 Å². The SMILES string of the molecule is COc1ccc(N(C)c2cc3c(c4ccccc24)C(CCl)CN3C(=O)c2cc3cc(OC)ccc3[nH]2)cc1. The van der Waals surface area contributed by atoms with Gasteiger partial charge in [-0.25, -0.2) is 0 Å². The number of hydrogen-bond donors (Lipinski definition) is 1. The second-order valence-electron chi connectivity index (χ2n) is 9.53. The average molecular weight is 526 g/mol. The van der Waals surface area contributed by atoms with Crippen LogP contribution in [0.4, 0.5) is 17.1 Å². The molecule has 6 nitrogen and oxygen atoms in total. The molecule has 2 heterocycles. The summed E-state index contributed by atoms with van der Waals surface area (Å²) in [5.41, 5.74) is 5.47. The lowest BCUT2D eigenvalue weighted by Gasteiger charge is -2.25. The predicted molar refractivity (Wildman–Crippen MR) is 155 cm³/mol. The lowest BCUT2D eigenvalue weighted by atomic mass is 9.94. The van der Waals surface area contributed by atoms with E-state index < -0.39 is 0 Å². The molecule has 5 aromatic rings. The second-order valence-corrected chi connectivity index (χ2v) is 9.84. The number of carbonyl (C=O) groups excluding carboxylic acids is 1. The molecule has 0 saturated heterocycles. The first-order valence-corrected chi connectivity index (χ1v) is 13.0. The molecule has 192 valence electrons. The summed E-state index contributed by atoms with van der Waals surface area (Å²) in [4.78, 5) is 21.3. The Labute approximate surface area is 226 Å². The van der Waals surface area contributed by atoms with Gasteiger partial charge in [-0.1, -0.05) is 24.3 Å². The number of nitrogens with zero attached hydrogens (tertiary/aromatic N) is 2. The third-order valence-corrected chi connectivity index (χ3v) is 7.83. The van der Waals surface area contributed by atoms with Gasteiger partial charge in [-0.15, -0.1) is 11.6 Å². The summed E-state index contributed by atoms with van der Waals surface area (Å²) in [6.07, 6.45) is 0. The fraction of sp³-hybridized carbons (Fsp3) is 0.194. The van der Waals surface area contributed by atoms with Crippen LogP contribution in [0.2, 0.25) is 0 Å². The molecule has 0 saturated carbocycles. The molecule has 0 fully saturated rings. The Morgan fingerprint density at radius 2 is 1.68 bits per heavy atom. The van der Waals surface area contributed by atoms with E-state index in [1.807, 2.05) is 72.6 Å². The number of anilines is 3. The van der Waals surface area contributed by atoms with Crippen LogP contribution in [0.25, 0.3) is 21.7 Å². The molecule has 6 rings (SSSR count). The van der Waals surface area contributed by atoms with E-state index in [0.717, 1.165) is 55.8 Å². The standard InChI is InChI=1S/C31H28ClN3O3/c1-34(21-8-10-22(37-2)11-9-21)28-16-29-30(25-7-5-4-6-24(25)28)20(17-32)18-35(29)31(36)27-15-19-14-23(38-3)12-13-26(19)33-27/h4-16,20,33H,17-18H2,1-3H3. The first kappa shape index (κ1) is 24.2. The second kappa shape index (κ2) is 9.62. The number of halogens is 1. The molecule has 1 aliphatic rings. The van der Waals surface area contributed by atoms with E-state index in [-0.39, 0.29) is 11.8 Å². The van der Waals surface area contributed by atoms with Crippen LogP contribution in [0.3, 0.4) is 0 Å². The monoisotopic (exact) mass is 525 g/mol. The molecule has 1 aromatic heterocycles. The number of ether oxygens (including phenoxy) is 2. The zero-order valence-corrected chi connectivity index (χ0v) is 22.3. The summed E-state index contributed by atoms with van der Waals surface area (Å²) in [5, 5.41) is 3.16. The molecular weight excluding hydrogens is 498 g/mol. The van der Waals surface area contributed by atoms with Gasteiger partial charge in [0.25, 0.3) is 5.91 Å². The summed E-state index contributed by atoms with van der Waals surface area (Å²) in [6.45, 7) is 0.524. The summed E-state index contributed by atoms with van der Waals surface area (Å²) in [6, 6.07) is 26.1. The van der Waals surface area contributed by atoms with E-state index >= 15 is 0 Å². The van der Waals surface area contributed by atoms with Gasteiger partial charge in [0, 0.05) is 47.4 Å². The third-order valence-electron chi connectivity index (χ3n) is 7.46. The number of carbonyl (C=O) groups is 1. The van der Waals surface area contributed by atoms with Crippen LogP contribution in [-0.2, 0) is 0 Å². The van der Waals surface area contributed by atoms with Crippen LogP contribution < -0.4 is 19.3 Å². The number of alkyl halides is 1. The summed E-state index contributed by atoms with van der Waals surface area (Å²) >= 11 is 6.49. The van der Waals surface area contributed by atoms with Crippen molar-refractivity contribution in [2.45, 2.75) is 5.92 Å². The van der Waals surface area contributed by atoms with Gasteiger partial charge in [-0.2, -0.15) is 0 Å². The van der Waals surface area contributed by atoms with E-state index in [0.29, 0.717) is 18.1 Å². The number of H-pyrrole nitrogens is 1. The summed E-state index contributed by atoms with van der Waals surface area (Å²) < 4.78 is 10.7. The van der Waals surface area contributed by atoms with Gasteiger partial charge >= 0.3 is 0 Å². The number of methoxy groups -OCH3 is 2. The predicted octanol–water partition coefficient (Wildman–Crippen LogP) is 7.09. The largest absolute Gasteiger partial charge is 0.497 e. The highest BCUT2D eigenvalue weighted by molar-refractivity contribution is 6.19. The Balaban J connectivity index is 1.48. The minimum Gasteiger partial charge on any atom is -0.497 e. The van der Waals surface area contributed by atoms with Gasteiger partial charge in [0.1, 0.15) is 17.2 Å². The van der Waals surface area contributed by atoms with Crippen molar-refractivity contribution in [3.05, 3.63) is 90.1 Å². The number of rotatable bonds is 6. The molecule has 1 N–H and O–H groups in total. The van der Waals surface area contributed by atoms with Crippen molar-refractivity contribution in [3.63, 3.8) is 0 Å². The molecule has 1 aliphatic heterocycles. The lowest BCUT2D eigenvalue weighted by Crippen LogP contribution is -2.30. The Morgan fingerprint density at radius 3 is 2.39 bits per heavy atom. The maximum atomic E-state index is 13.9. The van der Waals surface area contributed by atoms with Crippen molar-refractivity contribution in [3.8, 4) is 11.5 Å². The van der Waals surface area contributed by atoms with Crippen LogP contribution in [0.5, 0.6) is 11.5 Å². The van der Waals surface area contributed by atoms with Crippen LogP contribution in [0.15, 0.2) is 78.9 Å². The molecule has 0 aliphatic carbocycles. The minimum absolute atomic E-state index is 0.0327. The molecule has 0 radical (unpaired) electrons.